The number of benzene rings is 2. The molecule has 3 aromatic rings. The number of hydrazine groups is 1. The lowest BCUT2D eigenvalue weighted by Gasteiger charge is -2.31. The van der Waals surface area contributed by atoms with Gasteiger partial charge >= 0.3 is 12.2 Å². The van der Waals surface area contributed by atoms with Crippen molar-refractivity contribution in [1.29, 1.82) is 0 Å². The number of hydrogen-bond donors (Lipinski definition) is 3. The maximum absolute atomic E-state index is 12.7. The lowest BCUT2D eigenvalue weighted by molar-refractivity contribution is 0.0106. The van der Waals surface area contributed by atoms with Crippen LogP contribution in [0.2, 0.25) is 0 Å². The highest BCUT2D eigenvalue weighted by atomic mass is 32.1. The van der Waals surface area contributed by atoms with E-state index in [0.717, 1.165) is 21.6 Å². The number of nitrogens with zero attached hydrogens (tertiary/aromatic N) is 2. The van der Waals surface area contributed by atoms with Crippen LogP contribution in [0.25, 0.3) is 10.4 Å². The molecule has 9 nitrogen and oxygen atoms in total. The second kappa shape index (κ2) is 13.7. The molecular weight excluding hydrogens is 528 g/mol. The average molecular weight is 569 g/mol. The zero-order chi connectivity index (χ0) is 29.3. The predicted octanol–water partition coefficient (Wildman–Crippen LogP) is 5.55. The Kier molecular flexibility index (Phi) is 10.7. The molecule has 0 aliphatic carbocycles. The lowest BCUT2D eigenvalue weighted by atomic mass is 10.0. The van der Waals surface area contributed by atoms with Gasteiger partial charge in [-0.1, -0.05) is 54.6 Å². The third-order valence-corrected chi connectivity index (χ3v) is 6.39. The van der Waals surface area contributed by atoms with E-state index in [1.54, 1.807) is 63.4 Å². The topological polar surface area (TPSA) is 113 Å². The number of alkyl carbamates (subject to hydrolysis) is 1. The van der Waals surface area contributed by atoms with Crippen LogP contribution in [0.1, 0.15) is 52.7 Å². The quantitative estimate of drug-likeness (QED) is 0.275. The number of rotatable bonds is 10. The largest absolute Gasteiger partial charge is 0.444 e. The number of amides is 2. The van der Waals surface area contributed by atoms with Gasteiger partial charge in [0.1, 0.15) is 11.2 Å². The minimum atomic E-state index is -1.06. The lowest BCUT2D eigenvalue weighted by Crippen LogP contribution is -2.54. The minimum absolute atomic E-state index is 0.0170. The molecule has 0 saturated carbocycles. The Bertz CT molecular complexity index is 1210. The van der Waals surface area contributed by atoms with Gasteiger partial charge in [0.2, 0.25) is 0 Å². The molecule has 0 aliphatic rings. The maximum atomic E-state index is 12.7. The van der Waals surface area contributed by atoms with E-state index in [1.807, 2.05) is 60.8 Å². The molecule has 0 bridgehead atoms. The van der Waals surface area contributed by atoms with Crippen LogP contribution in [0.5, 0.6) is 0 Å². The first-order valence-corrected chi connectivity index (χ1v) is 14.1. The van der Waals surface area contributed by atoms with Crippen molar-refractivity contribution in [3.8, 4) is 10.4 Å². The van der Waals surface area contributed by atoms with Gasteiger partial charge in [0.05, 0.1) is 22.5 Å². The highest BCUT2D eigenvalue weighted by Crippen LogP contribution is 2.23. The van der Waals surface area contributed by atoms with Crippen molar-refractivity contribution < 1.29 is 24.2 Å². The zero-order valence-electron chi connectivity index (χ0n) is 24.0. The molecular formula is C30H40N4O5S. The van der Waals surface area contributed by atoms with Crippen LogP contribution < -0.4 is 10.7 Å². The molecule has 10 heteroatoms. The van der Waals surface area contributed by atoms with Gasteiger partial charge in [-0.3, -0.25) is 10.4 Å². The molecule has 0 unspecified atom stereocenters. The summed E-state index contributed by atoms with van der Waals surface area (Å²) in [4.78, 5) is 30.5. The number of aromatic nitrogens is 1. The van der Waals surface area contributed by atoms with Crippen LogP contribution in [-0.4, -0.2) is 57.2 Å². The maximum Gasteiger partial charge on any atom is 0.422 e. The van der Waals surface area contributed by atoms with Crippen LogP contribution in [0.4, 0.5) is 9.59 Å². The Balaban J connectivity index is 1.79. The molecule has 2 atom stereocenters. The highest BCUT2D eigenvalue weighted by Gasteiger charge is 2.28. The van der Waals surface area contributed by atoms with Crippen LogP contribution in [0, 0.1) is 0 Å². The number of aliphatic hydroxyl groups is 1. The van der Waals surface area contributed by atoms with E-state index in [0.29, 0.717) is 13.0 Å². The summed E-state index contributed by atoms with van der Waals surface area (Å²) in [5.74, 6) is 0. The van der Waals surface area contributed by atoms with Crippen LogP contribution in [0.3, 0.4) is 0 Å². The first-order chi connectivity index (χ1) is 18.8. The number of hydrogen-bond acceptors (Lipinski definition) is 8. The van der Waals surface area contributed by atoms with Crippen LogP contribution >= 0.6 is 11.3 Å². The normalized spacial score (nSPS) is 13.4. The fourth-order valence-electron chi connectivity index (χ4n) is 3.90. The third-order valence-electron chi connectivity index (χ3n) is 5.56. The number of ether oxygens (including phenoxy) is 2. The van der Waals surface area contributed by atoms with E-state index in [2.05, 4.69) is 15.7 Å². The second-order valence-electron chi connectivity index (χ2n) is 11.6. The molecule has 0 aliphatic heterocycles. The fourth-order valence-corrected chi connectivity index (χ4v) is 4.53. The number of thiazole rings is 1. The van der Waals surface area contributed by atoms with Crippen LogP contribution in [0.15, 0.2) is 66.3 Å². The van der Waals surface area contributed by atoms with E-state index < -0.39 is 35.5 Å². The third kappa shape index (κ3) is 11.0. The molecule has 3 rings (SSSR count). The Morgan fingerprint density at radius 2 is 1.55 bits per heavy atom. The summed E-state index contributed by atoms with van der Waals surface area (Å²) in [6, 6.07) is 16.8. The van der Waals surface area contributed by atoms with E-state index >= 15 is 0 Å². The van der Waals surface area contributed by atoms with Crippen molar-refractivity contribution in [3.63, 3.8) is 0 Å². The molecule has 40 heavy (non-hydrogen) atoms. The summed E-state index contributed by atoms with van der Waals surface area (Å²) in [5.41, 5.74) is 6.06. The molecule has 0 saturated heterocycles. The summed E-state index contributed by atoms with van der Waals surface area (Å²) < 4.78 is 10.9. The Morgan fingerprint density at radius 1 is 0.925 bits per heavy atom. The van der Waals surface area contributed by atoms with Gasteiger partial charge < -0.3 is 19.9 Å². The minimum Gasteiger partial charge on any atom is -0.444 e. The Hall–Kier alpha value is -3.47. The summed E-state index contributed by atoms with van der Waals surface area (Å²) >= 11 is 1.56. The number of aliphatic hydroxyl groups excluding tert-OH is 1. The second-order valence-corrected chi connectivity index (χ2v) is 12.5. The van der Waals surface area contributed by atoms with Crippen molar-refractivity contribution in [3.05, 3.63) is 77.4 Å². The van der Waals surface area contributed by atoms with Crippen molar-refractivity contribution in [2.24, 2.45) is 0 Å². The standard InChI is InChI=1S/C30H40N4O5S/c1-29(2,3)38-27(36)32-24(16-21-10-8-7-9-11-21)25(35)19-34(33-28(37)39-30(4,5)6)18-22-12-14-23(15-13-22)26-17-31-20-40-26/h7-15,17,20,24-25,35H,16,18-19H2,1-6H3,(H,32,36)(H,33,37)/t24-,25-/m0/s1. The van der Waals surface area contributed by atoms with Gasteiger partial charge in [-0.25, -0.2) is 14.6 Å². The monoisotopic (exact) mass is 568 g/mol. The summed E-state index contributed by atoms with van der Waals surface area (Å²) in [5, 5.41) is 15.8. The molecule has 0 spiro atoms. The van der Waals surface area contributed by atoms with E-state index in [9.17, 15) is 14.7 Å². The van der Waals surface area contributed by atoms with Gasteiger partial charge in [0, 0.05) is 19.3 Å². The van der Waals surface area contributed by atoms with Crippen molar-refractivity contribution in [2.75, 3.05) is 6.54 Å². The van der Waals surface area contributed by atoms with E-state index in [-0.39, 0.29) is 6.54 Å². The predicted molar refractivity (Wildman–Crippen MR) is 157 cm³/mol. The molecule has 3 N–H and O–H groups in total. The average Bonchev–Trinajstić information content (AvgIpc) is 3.37. The first kappa shape index (κ1) is 31.1. The zero-order valence-corrected chi connectivity index (χ0v) is 24.8. The SMILES string of the molecule is CC(C)(C)OC(=O)N[C@@H](Cc1ccccc1)[C@@H](O)CN(Cc1ccc(-c2cncs2)cc1)NC(=O)OC(C)(C)C. The van der Waals surface area contributed by atoms with Crippen molar-refractivity contribution >= 4 is 23.5 Å². The molecule has 2 amide bonds. The molecule has 0 radical (unpaired) electrons. The van der Waals surface area contributed by atoms with Gasteiger partial charge in [-0.15, -0.1) is 11.3 Å². The molecule has 1 aromatic heterocycles. The molecule has 1 heterocycles. The number of nitrogens with one attached hydrogen (secondary N) is 2. The van der Waals surface area contributed by atoms with Crippen molar-refractivity contribution in [1.82, 2.24) is 20.7 Å². The first-order valence-electron chi connectivity index (χ1n) is 13.2. The summed E-state index contributed by atoms with van der Waals surface area (Å²) in [6.45, 7) is 11.0. The number of carbonyl (C=O) groups is 2. The summed E-state index contributed by atoms with van der Waals surface area (Å²) in [6.07, 6.45) is -0.139. The van der Waals surface area contributed by atoms with Crippen LogP contribution in [-0.2, 0) is 22.4 Å². The van der Waals surface area contributed by atoms with E-state index in [4.69, 9.17) is 9.47 Å². The van der Waals surface area contributed by atoms with Gasteiger partial charge in [0.15, 0.2) is 0 Å². The highest BCUT2D eigenvalue weighted by molar-refractivity contribution is 7.13. The number of carbonyl (C=O) groups excluding carboxylic acids is 2. The smallest absolute Gasteiger partial charge is 0.422 e. The van der Waals surface area contributed by atoms with Gasteiger partial charge in [-0.05, 0) is 64.7 Å². The fraction of sp³-hybridized carbons (Fsp3) is 0.433. The van der Waals surface area contributed by atoms with Gasteiger partial charge in [0.25, 0.3) is 0 Å². The Morgan fingerprint density at radius 3 is 2.12 bits per heavy atom. The summed E-state index contributed by atoms with van der Waals surface area (Å²) in [7, 11) is 0. The molecule has 216 valence electrons. The molecule has 2 aromatic carbocycles. The molecule has 0 fully saturated rings. The Labute approximate surface area is 240 Å². The van der Waals surface area contributed by atoms with Crippen molar-refractivity contribution in [2.45, 2.75) is 77.9 Å². The van der Waals surface area contributed by atoms with E-state index in [1.165, 1.54) is 0 Å². The van der Waals surface area contributed by atoms with Gasteiger partial charge in [-0.2, -0.15) is 0 Å².